The Hall–Kier alpha value is -0.870. The molecule has 1 saturated heterocycles. The molecule has 1 fully saturated rings. The van der Waals surface area contributed by atoms with Crippen molar-refractivity contribution in [3.8, 4) is 0 Å². The molecule has 0 radical (unpaired) electrons. The predicted octanol–water partition coefficient (Wildman–Crippen LogP) is 1.37. The van der Waals surface area contributed by atoms with Gasteiger partial charge >= 0.3 is 0 Å². The smallest absolute Gasteiger partial charge is 0.227 e. The minimum atomic E-state index is 0.668. The lowest BCUT2D eigenvalue weighted by atomic mass is 10.3. The second-order valence-electron chi connectivity index (χ2n) is 4.88. The van der Waals surface area contributed by atoms with Crippen LogP contribution in [0, 0.1) is 0 Å². The summed E-state index contributed by atoms with van der Waals surface area (Å²) >= 11 is 6.23. The van der Waals surface area contributed by atoms with E-state index < -0.39 is 0 Å². The molecule has 2 aliphatic rings. The molecule has 1 aromatic rings. The molecule has 0 amide bonds. The molecule has 0 N–H and O–H groups in total. The predicted molar refractivity (Wildman–Crippen MR) is 68.8 cm³/mol. The van der Waals surface area contributed by atoms with Crippen molar-refractivity contribution >= 4 is 17.5 Å². The third kappa shape index (κ3) is 2.11. The van der Waals surface area contributed by atoms with E-state index in [0.717, 1.165) is 51.4 Å². The zero-order valence-corrected chi connectivity index (χ0v) is 10.9. The van der Waals surface area contributed by atoms with E-state index in [-0.39, 0.29) is 0 Å². The van der Waals surface area contributed by atoms with Crippen molar-refractivity contribution in [1.29, 1.82) is 0 Å². The number of hydrogen-bond acceptors (Lipinski definition) is 4. The molecule has 1 aromatic heterocycles. The number of aryl methyl sites for hydroxylation is 1. The van der Waals surface area contributed by atoms with Gasteiger partial charge in [-0.05, 0) is 26.3 Å². The van der Waals surface area contributed by atoms with Gasteiger partial charge in [0.15, 0.2) is 0 Å². The van der Waals surface area contributed by atoms with Gasteiger partial charge in [-0.3, -0.25) is 0 Å². The van der Waals surface area contributed by atoms with Gasteiger partial charge in [0.1, 0.15) is 5.15 Å². The van der Waals surface area contributed by atoms with Gasteiger partial charge in [0.05, 0.1) is 5.69 Å². The van der Waals surface area contributed by atoms with Gasteiger partial charge in [0.2, 0.25) is 5.95 Å². The van der Waals surface area contributed by atoms with E-state index in [0.29, 0.717) is 5.15 Å². The zero-order chi connectivity index (χ0) is 11.8. The maximum Gasteiger partial charge on any atom is 0.227 e. The van der Waals surface area contributed by atoms with E-state index in [2.05, 4.69) is 26.8 Å². The van der Waals surface area contributed by atoms with Gasteiger partial charge in [-0.15, -0.1) is 0 Å². The number of piperazine rings is 1. The summed E-state index contributed by atoms with van der Waals surface area (Å²) < 4.78 is 0. The maximum absolute atomic E-state index is 6.23. The number of halogens is 1. The number of fused-ring (bicyclic) bond motifs is 1. The summed E-state index contributed by atoms with van der Waals surface area (Å²) in [5, 5.41) is 0.668. The molecule has 17 heavy (non-hydrogen) atoms. The lowest BCUT2D eigenvalue weighted by Crippen LogP contribution is -2.45. The average Bonchev–Trinajstić information content (AvgIpc) is 2.78. The van der Waals surface area contributed by atoms with Crippen LogP contribution < -0.4 is 4.90 Å². The Morgan fingerprint density at radius 3 is 2.59 bits per heavy atom. The maximum atomic E-state index is 6.23. The highest BCUT2D eigenvalue weighted by molar-refractivity contribution is 6.30. The van der Waals surface area contributed by atoms with Crippen molar-refractivity contribution < 1.29 is 0 Å². The summed E-state index contributed by atoms with van der Waals surface area (Å²) in [5.41, 5.74) is 2.34. The zero-order valence-electron chi connectivity index (χ0n) is 10.1. The van der Waals surface area contributed by atoms with Crippen molar-refractivity contribution in [2.24, 2.45) is 0 Å². The highest BCUT2D eigenvalue weighted by Gasteiger charge is 2.22. The third-order valence-electron chi connectivity index (χ3n) is 3.66. The highest BCUT2D eigenvalue weighted by Crippen LogP contribution is 2.28. The van der Waals surface area contributed by atoms with Crippen molar-refractivity contribution in [1.82, 2.24) is 14.9 Å². The van der Waals surface area contributed by atoms with E-state index in [1.54, 1.807) is 0 Å². The van der Waals surface area contributed by atoms with Crippen LogP contribution in [-0.4, -0.2) is 48.1 Å². The van der Waals surface area contributed by atoms with Crippen LogP contribution in [0.4, 0.5) is 5.95 Å². The molecule has 1 aliphatic heterocycles. The second kappa shape index (κ2) is 4.42. The summed E-state index contributed by atoms with van der Waals surface area (Å²) in [7, 11) is 2.15. The van der Waals surface area contributed by atoms with Crippen molar-refractivity contribution in [2.45, 2.75) is 19.3 Å². The molecule has 0 bridgehead atoms. The Bertz CT molecular complexity index is 427. The van der Waals surface area contributed by atoms with E-state index >= 15 is 0 Å². The lowest BCUT2D eigenvalue weighted by molar-refractivity contribution is 0.311. The quantitative estimate of drug-likeness (QED) is 0.707. The Balaban J connectivity index is 1.86. The van der Waals surface area contributed by atoms with E-state index in [4.69, 9.17) is 11.6 Å². The SMILES string of the molecule is CN1CCN(c2nc(Cl)c3c(n2)CCC3)CC1. The molecular formula is C12H17ClN4. The Morgan fingerprint density at radius 2 is 1.82 bits per heavy atom. The number of likely N-dealkylation sites (N-methyl/N-ethyl adjacent to an activating group) is 1. The lowest BCUT2D eigenvalue weighted by Gasteiger charge is -2.32. The van der Waals surface area contributed by atoms with Crippen molar-refractivity contribution in [3.63, 3.8) is 0 Å². The molecule has 4 nitrogen and oxygen atoms in total. The number of anilines is 1. The first kappa shape index (κ1) is 11.2. The van der Waals surface area contributed by atoms with Gasteiger partial charge in [0, 0.05) is 31.7 Å². The number of rotatable bonds is 1. The number of aromatic nitrogens is 2. The van der Waals surface area contributed by atoms with Crippen LogP contribution in [0.15, 0.2) is 0 Å². The molecule has 0 saturated carbocycles. The summed E-state index contributed by atoms with van der Waals surface area (Å²) in [6.45, 7) is 4.12. The first-order chi connectivity index (χ1) is 8.24. The number of nitrogens with zero attached hydrogens (tertiary/aromatic N) is 4. The Morgan fingerprint density at radius 1 is 1.06 bits per heavy atom. The summed E-state index contributed by atoms with van der Waals surface area (Å²) in [5.74, 6) is 0.823. The van der Waals surface area contributed by atoms with Gasteiger partial charge < -0.3 is 9.80 Å². The largest absolute Gasteiger partial charge is 0.338 e. The van der Waals surface area contributed by atoms with Crippen LogP contribution in [0.5, 0.6) is 0 Å². The Kier molecular flexibility index (Phi) is 2.92. The molecular weight excluding hydrogens is 236 g/mol. The second-order valence-corrected chi connectivity index (χ2v) is 5.24. The fourth-order valence-electron chi connectivity index (χ4n) is 2.52. The molecule has 0 aromatic carbocycles. The van der Waals surface area contributed by atoms with Crippen LogP contribution in [0.3, 0.4) is 0 Å². The average molecular weight is 253 g/mol. The van der Waals surface area contributed by atoms with Crippen LogP contribution in [0.1, 0.15) is 17.7 Å². The molecule has 2 heterocycles. The number of hydrogen-bond donors (Lipinski definition) is 0. The topological polar surface area (TPSA) is 32.3 Å². The Labute approximate surface area is 107 Å². The van der Waals surface area contributed by atoms with Crippen molar-refractivity contribution in [2.75, 3.05) is 38.1 Å². The van der Waals surface area contributed by atoms with Gasteiger partial charge in [0.25, 0.3) is 0 Å². The first-order valence-corrected chi connectivity index (χ1v) is 6.60. The summed E-state index contributed by atoms with van der Waals surface area (Å²) in [4.78, 5) is 13.7. The fourth-order valence-corrected chi connectivity index (χ4v) is 2.80. The van der Waals surface area contributed by atoms with Crippen LogP contribution in [0.25, 0.3) is 0 Å². The van der Waals surface area contributed by atoms with E-state index in [9.17, 15) is 0 Å². The fraction of sp³-hybridized carbons (Fsp3) is 0.667. The third-order valence-corrected chi connectivity index (χ3v) is 3.97. The first-order valence-electron chi connectivity index (χ1n) is 6.23. The minimum absolute atomic E-state index is 0.668. The van der Waals surface area contributed by atoms with Crippen LogP contribution in [0.2, 0.25) is 5.15 Å². The molecule has 0 atom stereocenters. The summed E-state index contributed by atoms with van der Waals surface area (Å²) in [6.07, 6.45) is 3.26. The monoisotopic (exact) mass is 252 g/mol. The van der Waals surface area contributed by atoms with Gasteiger partial charge in [-0.1, -0.05) is 11.6 Å². The van der Waals surface area contributed by atoms with Crippen LogP contribution in [-0.2, 0) is 12.8 Å². The normalized spacial score (nSPS) is 20.7. The van der Waals surface area contributed by atoms with Gasteiger partial charge in [-0.25, -0.2) is 9.97 Å². The van der Waals surface area contributed by atoms with Crippen LogP contribution >= 0.6 is 11.6 Å². The molecule has 3 rings (SSSR count). The van der Waals surface area contributed by atoms with E-state index in [1.165, 1.54) is 11.3 Å². The molecule has 0 unspecified atom stereocenters. The molecule has 5 heteroatoms. The molecule has 92 valence electrons. The van der Waals surface area contributed by atoms with Crippen molar-refractivity contribution in [3.05, 3.63) is 16.4 Å². The summed E-state index contributed by atoms with van der Waals surface area (Å²) in [6, 6.07) is 0. The van der Waals surface area contributed by atoms with E-state index in [1.807, 2.05) is 0 Å². The standard InChI is InChI=1S/C12H17ClN4/c1-16-5-7-17(8-6-16)12-14-10-4-2-3-9(10)11(13)15-12/h2-8H2,1H3. The molecule has 0 spiro atoms. The highest BCUT2D eigenvalue weighted by atomic mass is 35.5. The van der Waals surface area contributed by atoms with Gasteiger partial charge in [-0.2, -0.15) is 0 Å². The minimum Gasteiger partial charge on any atom is -0.338 e. The molecule has 1 aliphatic carbocycles.